The van der Waals surface area contributed by atoms with Gasteiger partial charge in [-0.25, -0.2) is 0 Å². The van der Waals surface area contributed by atoms with Crippen LogP contribution in [-0.2, 0) is 12.8 Å². The lowest BCUT2D eigenvalue weighted by molar-refractivity contribution is 0.415. The second-order valence-electron chi connectivity index (χ2n) is 6.74. The molecule has 0 aliphatic rings. The Bertz CT molecular complexity index is 927. The van der Waals surface area contributed by atoms with Crippen LogP contribution in [0.25, 0.3) is 5.69 Å². The molecule has 0 aliphatic heterocycles. The first-order chi connectivity index (χ1) is 13.3. The first kappa shape index (κ1) is 17.2. The molecular weight excluding hydrogens is 330 g/mol. The SMILES string of the molecule is COc1ccc(-n2cc(Cc3ccccc3)c(Cc3ccccc3)c2)cc1. The Morgan fingerprint density at radius 2 is 1.11 bits per heavy atom. The van der Waals surface area contributed by atoms with E-state index in [1.165, 1.54) is 22.3 Å². The van der Waals surface area contributed by atoms with Gasteiger partial charge in [-0.2, -0.15) is 0 Å². The summed E-state index contributed by atoms with van der Waals surface area (Å²) in [7, 11) is 1.70. The minimum Gasteiger partial charge on any atom is -0.497 e. The Hall–Kier alpha value is -3.26. The van der Waals surface area contributed by atoms with Gasteiger partial charge in [0, 0.05) is 18.1 Å². The van der Waals surface area contributed by atoms with Crippen LogP contribution in [0.15, 0.2) is 97.3 Å². The number of benzene rings is 3. The molecule has 2 nitrogen and oxygen atoms in total. The normalized spacial score (nSPS) is 10.7. The third kappa shape index (κ3) is 4.12. The molecule has 0 bridgehead atoms. The van der Waals surface area contributed by atoms with Gasteiger partial charge in [0.05, 0.1) is 7.11 Å². The van der Waals surface area contributed by atoms with Gasteiger partial charge < -0.3 is 9.30 Å². The Morgan fingerprint density at radius 1 is 0.630 bits per heavy atom. The molecular formula is C25H23NO. The molecule has 0 fully saturated rings. The third-order valence-corrected chi connectivity index (χ3v) is 4.85. The van der Waals surface area contributed by atoms with Crippen LogP contribution < -0.4 is 4.74 Å². The number of aromatic nitrogens is 1. The molecule has 4 aromatic rings. The topological polar surface area (TPSA) is 14.2 Å². The van der Waals surface area contributed by atoms with Gasteiger partial charge >= 0.3 is 0 Å². The van der Waals surface area contributed by atoms with Crippen molar-refractivity contribution in [1.82, 2.24) is 4.57 Å². The monoisotopic (exact) mass is 353 g/mol. The zero-order valence-corrected chi connectivity index (χ0v) is 15.5. The van der Waals surface area contributed by atoms with Crippen LogP contribution in [0.2, 0.25) is 0 Å². The number of rotatable bonds is 6. The number of ether oxygens (including phenoxy) is 1. The van der Waals surface area contributed by atoms with Gasteiger partial charge in [-0.1, -0.05) is 60.7 Å². The molecule has 3 aromatic carbocycles. The average Bonchev–Trinajstić information content (AvgIpc) is 3.12. The Labute approximate surface area is 160 Å². The van der Waals surface area contributed by atoms with E-state index in [0.717, 1.165) is 24.3 Å². The van der Waals surface area contributed by atoms with Crippen LogP contribution in [-0.4, -0.2) is 11.7 Å². The molecule has 2 heteroatoms. The molecule has 0 saturated carbocycles. The van der Waals surface area contributed by atoms with Crippen molar-refractivity contribution in [2.45, 2.75) is 12.8 Å². The van der Waals surface area contributed by atoms with Gasteiger partial charge in [0.1, 0.15) is 5.75 Å². The smallest absolute Gasteiger partial charge is 0.119 e. The summed E-state index contributed by atoms with van der Waals surface area (Å²) in [6.07, 6.45) is 6.39. The fraction of sp³-hybridized carbons (Fsp3) is 0.120. The predicted molar refractivity (Wildman–Crippen MR) is 111 cm³/mol. The van der Waals surface area contributed by atoms with Gasteiger partial charge in [0.2, 0.25) is 0 Å². The lowest BCUT2D eigenvalue weighted by atomic mass is 9.99. The second-order valence-corrected chi connectivity index (χ2v) is 6.74. The summed E-state index contributed by atoms with van der Waals surface area (Å²) in [6.45, 7) is 0. The highest BCUT2D eigenvalue weighted by Gasteiger charge is 2.10. The number of hydrogen-bond acceptors (Lipinski definition) is 1. The van der Waals surface area contributed by atoms with Crippen LogP contribution in [0.5, 0.6) is 5.75 Å². The fourth-order valence-corrected chi connectivity index (χ4v) is 3.39. The molecule has 0 amide bonds. The minimum absolute atomic E-state index is 0.875. The van der Waals surface area contributed by atoms with E-state index in [1.54, 1.807) is 7.11 Å². The standard InChI is InChI=1S/C25H23NO/c1-27-25-14-12-24(13-15-25)26-18-22(16-20-8-4-2-5-9-20)23(19-26)17-21-10-6-3-7-11-21/h2-15,18-19H,16-17H2,1H3. The van der Waals surface area contributed by atoms with Crippen LogP contribution in [0, 0.1) is 0 Å². The molecule has 27 heavy (non-hydrogen) atoms. The first-order valence-corrected chi connectivity index (χ1v) is 9.24. The molecule has 1 heterocycles. The van der Waals surface area contributed by atoms with E-state index in [2.05, 4.69) is 89.8 Å². The van der Waals surface area contributed by atoms with Crippen molar-refractivity contribution in [3.63, 3.8) is 0 Å². The van der Waals surface area contributed by atoms with E-state index >= 15 is 0 Å². The zero-order chi connectivity index (χ0) is 18.5. The lowest BCUT2D eigenvalue weighted by Crippen LogP contribution is -1.93. The van der Waals surface area contributed by atoms with E-state index in [4.69, 9.17) is 4.74 Å². The molecule has 0 N–H and O–H groups in total. The van der Waals surface area contributed by atoms with E-state index in [9.17, 15) is 0 Å². The fourth-order valence-electron chi connectivity index (χ4n) is 3.39. The molecule has 1 aromatic heterocycles. The maximum atomic E-state index is 5.28. The van der Waals surface area contributed by atoms with Crippen LogP contribution in [0.1, 0.15) is 22.3 Å². The minimum atomic E-state index is 0.875. The first-order valence-electron chi connectivity index (χ1n) is 9.24. The van der Waals surface area contributed by atoms with Crippen molar-refractivity contribution < 1.29 is 4.74 Å². The highest BCUT2D eigenvalue weighted by molar-refractivity contribution is 5.43. The summed E-state index contributed by atoms with van der Waals surface area (Å²) in [5.41, 5.74) is 6.53. The molecule has 0 spiro atoms. The van der Waals surface area contributed by atoms with E-state index in [1.807, 2.05) is 12.1 Å². The maximum Gasteiger partial charge on any atom is 0.119 e. The van der Waals surface area contributed by atoms with Gasteiger partial charge in [-0.15, -0.1) is 0 Å². The van der Waals surface area contributed by atoms with Gasteiger partial charge in [0.15, 0.2) is 0 Å². The van der Waals surface area contributed by atoms with Gasteiger partial charge in [-0.3, -0.25) is 0 Å². The summed E-state index contributed by atoms with van der Waals surface area (Å²) in [5, 5.41) is 0. The lowest BCUT2D eigenvalue weighted by Gasteiger charge is -2.04. The summed E-state index contributed by atoms with van der Waals surface area (Å²) >= 11 is 0. The van der Waals surface area contributed by atoms with Crippen LogP contribution >= 0.6 is 0 Å². The predicted octanol–water partition coefficient (Wildman–Crippen LogP) is 5.67. The highest BCUT2D eigenvalue weighted by Crippen LogP contribution is 2.23. The highest BCUT2D eigenvalue weighted by atomic mass is 16.5. The number of hydrogen-bond donors (Lipinski definition) is 0. The van der Waals surface area contributed by atoms with Crippen LogP contribution in [0.3, 0.4) is 0 Å². The summed E-state index contributed by atoms with van der Waals surface area (Å²) < 4.78 is 7.50. The molecule has 134 valence electrons. The summed E-state index contributed by atoms with van der Waals surface area (Å²) in [6, 6.07) is 29.5. The molecule has 0 atom stereocenters. The second kappa shape index (κ2) is 7.96. The van der Waals surface area contributed by atoms with E-state index in [0.29, 0.717) is 0 Å². The summed E-state index contributed by atoms with van der Waals surface area (Å²) in [4.78, 5) is 0. The van der Waals surface area contributed by atoms with Crippen molar-refractivity contribution in [1.29, 1.82) is 0 Å². The Kier molecular flexibility index (Phi) is 5.06. The van der Waals surface area contributed by atoms with Gasteiger partial charge in [0.25, 0.3) is 0 Å². The summed E-state index contributed by atoms with van der Waals surface area (Å²) in [5.74, 6) is 0.875. The maximum absolute atomic E-state index is 5.28. The van der Waals surface area contributed by atoms with Crippen molar-refractivity contribution in [3.05, 3.63) is 120 Å². The largest absolute Gasteiger partial charge is 0.497 e. The molecule has 0 unspecified atom stereocenters. The Morgan fingerprint density at radius 3 is 1.56 bits per heavy atom. The van der Waals surface area contributed by atoms with Crippen molar-refractivity contribution in [2.75, 3.05) is 7.11 Å². The Balaban J connectivity index is 1.69. The molecule has 0 saturated heterocycles. The molecule has 0 aliphatic carbocycles. The van der Waals surface area contributed by atoms with Crippen molar-refractivity contribution in [2.24, 2.45) is 0 Å². The van der Waals surface area contributed by atoms with Crippen molar-refractivity contribution >= 4 is 0 Å². The van der Waals surface area contributed by atoms with Crippen LogP contribution in [0.4, 0.5) is 0 Å². The van der Waals surface area contributed by atoms with E-state index in [-0.39, 0.29) is 0 Å². The average molecular weight is 353 g/mol. The zero-order valence-electron chi connectivity index (χ0n) is 15.5. The third-order valence-electron chi connectivity index (χ3n) is 4.85. The number of nitrogens with zero attached hydrogens (tertiary/aromatic N) is 1. The quantitative estimate of drug-likeness (QED) is 0.436. The number of methoxy groups -OCH3 is 1. The molecule has 4 rings (SSSR count). The van der Waals surface area contributed by atoms with Gasteiger partial charge in [-0.05, 0) is 59.4 Å². The molecule has 0 radical (unpaired) electrons. The van der Waals surface area contributed by atoms with E-state index < -0.39 is 0 Å². The van der Waals surface area contributed by atoms with Crippen molar-refractivity contribution in [3.8, 4) is 11.4 Å².